The number of allylic oxidation sites excluding steroid dienone is 4. The number of hydrogen-bond donors (Lipinski definition) is 0. The zero-order valence-corrected chi connectivity index (χ0v) is 8.20. The minimum atomic E-state index is -0.166. The van der Waals surface area contributed by atoms with Crippen molar-refractivity contribution >= 4 is 0 Å². The Morgan fingerprint density at radius 1 is 1.21 bits per heavy atom. The largest absolute Gasteiger partial charge is 0.207 e. The van der Waals surface area contributed by atoms with E-state index in [1.165, 1.54) is 23.3 Å². The SMILES string of the molecule is CC1=CC=CC(c2ccc(F)cc2)C1. The summed E-state index contributed by atoms with van der Waals surface area (Å²) in [6.45, 7) is 2.13. The molecule has 0 spiro atoms. The van der Waals surface area contributed by atoms with Crippen LogP contribution >= 0.6 is 0 Å². The molecule has 1 aromatic carbocycles. The summed E-state index contributed by atoms with van der Waals surface area (Å²) in [4.78, 5) is 0. The molecule has 0 nitrogen and oxygen atoms in total. The first kappa shape index (κ1) is 9.20. The van der Waals surface area contributed by atoms with Gasteiger partial charge in [-0.1, -0.05) is 35.9 Å². The Balaban J connectivity index is 2.21. The molecule has 0 saturated carbocycles. The lowest BCUT2D eigenvalue weighted by Crippen LogP contribution is -1.99. The molecule has 0 aliphatic heterocycles. The number of benzene rings is 1. The topological polar surface area (TPSA) is 0 Å². The van der Waals surface area contributed by atoms with E-state index >= 15 is 0 Å². The van der Waals surface area contributed by atoms with E-state index in [9.17, 15) is 4.39 Å². The average Bonchev–Trinajstić information content (AvgIpc) is 2.19. The van der Waals surface area contributed by atoms with E-state index < -0.39 is 0 Å². The molecule has 0 fully saturated rings. The zero-order valence-electron chi connectivity index (χ0n) is 8.20. The monoisotopic (exact) mass is 188 g/mol. The molecular weight excluding hydrogens is 175 g/mol. The van der Waals surface area contributed by atoms with Crippen molar-refractivity contribution in [3.8, 4) is 0 Å². The van der Waals surface area contributed by atoms with Crippen molar-refractivity contribution in [3.63, 3.8) is 0 Å². The molecule has 1 aliphatic rings. The summed E-state index contributed by atoms with van der Waals surface area (Å²) in [5, 5.41) is 0. The highest BCUT2D eigenvalue weighted by molar-refractivity contribution is 5.31. The maximum atomic E-state index is 12.7. The van der Waals surface area contributed by atoms with Gasteiger partial charge in [-0.25, -0.2) is 4.39 Å². The summed E-state index contributed by atoms with van der Waals surface area (Å²) in [5.74, 6) is 0.251. The van der Waals surface area contributed by atoms with Crippen LogP contribution in [0.25, 0.3) is 0 Å². The molecule has 0 bridgehead atoms. The number of hydrogen-bond acceptors (Lipinski definition) is 0. The highest BCUT2D eigenvalue weighted by Crippen LogP contribution is 2.27. The van der Waals surface area contributed by atoms with Gasteiger partial charge in [0, 0.05) is 5.92 Å². The summed E-state index contributed by atoms with van der Waals surface area (Å²) in [6, 6.07) is 6.78. The third-order valence-corrected chi connectivity index (χ3v) is 2.56. The minimum absolute atomic E-state index is 0.166. The fourth-order valence-electron chi connectivity index (χ4n) is 1.78. The Bertz CT molecular complexity index is 371. The van der Waals surface area contributed by atoms with Crippen molar-refractivity contribution in [2.75, 3.05) is 0 Å². The lowest BCUT2D eigenvalue weighted by molar-refractivity contribution is 0.626. The van der Waals surface area contributed by atoms with Crippen LogP contribution in [0.1, 0.15) is 24.8 Å². The fraction of sp³-hybridized carbons (Fsp3) is 0.231. The van der Waals surface area contributed by atoms with E-state index in [0.29, 0.717) is 5.92 Å². The van der Waals surface area contributed by atoms with Crippen molar-refractivity contribution in [1.82, 2.24) is 0 Å². The van der Waals surface area contributed by atoms with Gasteiger partial charge in [0.05, 0.1) is 0 Å². The van der Waals surface area contributed by atoms with E-state index in [2.05, 4.69) is 25.2 Å². The van der Waals surface area contributed by atoms with Crippen LogP contribution in [0.15, 0.2) is 48.1 Å². The van der Waals surface area contributed by atoms with Crippen LogP contribution in [0.4, 0.5) is 4.39 Å². The minimum Gasteiger partial charge on any atom is -0.207 e. The van der Waals surface area contributed by atoms with Crippen molar-refractivity contribution in [1.29, 1.82) is 0 Å². The first-order valence-corrected chi connectivity index (χ1v) is 4.85. The highest BCUT2D eigenvalue weighted by atomic mass is 19.1. The second-order valence-corrected chi connectivity index (χ2v) is 3.76. The number of halogens is 1. The first-order valence-electron chi connectivity index (χ1n) is 4.85. The standard InChI is InChI=1S/C13H13F/c1-10-3-2-4-12(9-10)11-5-7-13(14)8-6-11/h2-8,12H,9H2,1H3. The van der Waals surface area contributed by atoms with E-state index in [1.54, 1.807) is 0 Å². The fourth-order valence-corrected chi connectivity index (χ4v) is 1.78. The summed E-state index contributed by atoms with van der Waals surface area (Å²) in [7, 11) is 0. The molecule has 1 aliphatic carbocycles. The molecular formula is C13H13F. The van der Waals surface area contributed by atoms with Crippen LogP contribution in [-0.4, -0.2) is 0 Å². The van der Waals surface area contributed by atoms with Gasteiger partial charge in [0.25, 0.3) is 0 Å². The highest BCUT2D eigenvalue weighted by Gasteiger charge is 2.10. The van der Waals surface area contributed by atoms with Gasteiger partial charge < -0.3 is 0 Å². The van der Waals surface area contributed by atoms with E-state index in [1.807, 2.05) is 12.1 Å². The van der Waals surface area contributed by atoms with Gasteiger partial charge in [0.15, 0.2) is 0 Å². The molecule has 0 aromatic heterocycles. The maximum Gasteiger partial charge on any atom is 0.123 e. The third kappa shape index (κ3) is 1.92. The molecule has 1 aromatic rings. The predicted molar refractivity (Wildman–Crippen MR) is 56.7 cm³/mol. The van der Waals surface area contributed by atoms with Crippen molar-refractivity contribution in [3.05, 3.63) is 59.4 Å². The van der Waals surface area contributed by atoms with Crippen molar-refractivity contribution in [2.45, 2.75) is 19.3 Å². The Hall–Kier alpha value is -1.37. The molecule has 1 atom stereocenters. The van der Waals surface area contributed by atoms with Gasteiger partial charge in [-0.05, 0) is 31.0 Å². The Morgan fingerprint density at radius 3 is 2.57 bits per heavy atom. The van der Waals surface area contributed by atoms with E-state index in [4.69, 9.17) is 0 Å². The lowest BCUT2D eigenvalue weighted by Gasteiger charge is -2.16. The van der Waals surface area contributed by atoms with Crippen LogP contribution in [0.3, 0.4) is 0 Å². The molecule has 2 rings (SSSR count). The second kappa shape index (κ2) is 3.79. The van der Waals surface area contributed by atoms with Crippen LogP contribution in [0, 0.1) is 5.82 Å². The maximum absolute atomic E-state index is 12.7. The molecule has 14 heavy (non-hydrogen) atoms. The molecule has 0 radical (unpaired) electrons. The summed E-state index contributed by atoms with van der Waals surface area (Å²) in [5.41, 5.74) is 2.57. The van der Waals surface area contributed by atoms with Gasteiger partial charge in [0.1, 0.15) is 5.82 Å². The normalized spacial score (nSPS) is 20.7. The van der Waals surface area contributed by atoms with Gasteiger partial charge in [-0.3, -0.25) is 0 Å². The zero-order chi connectivity index (χ0) is 9.97. The number of rotatable bonds is 1. The van der Waals surface area contributed by atoms with Crippen LogP contribution in [0.5, 0.6) is 0 Å². The average molecular weight is 188 g/mol. The van der Waals surface area contributed by atoms with Gasteiger partial charge in [-0.15, -0.1) is 0 Å². The van der Waals surface area contributed by atoms with E-state index in [-0.39, 0.29) is 5.82 Å². The Kier molecular flexibility index (Phi) is 2.49. The first-order chi connectivity index (χ1) is 6.75. The smallest absolute Gasteiger partial charge is 0.123 e. The lowest BCUT2D eigenvalue weighted by atomic mass is 9.89. The van der Waals surface area contributed by atoms with Crippen molar-refractivity contribution in [2.24, 2.45) is 0 Å². The summed E-state index contributed by atoms with van der Waals surface area (Å²) >= 11 is 0. The molecule has 1 heteroatoms. The van der Waals surface area contributed by atoms with Gasteiger partial charge in [0.2, 0.25) is 0 Å². The van der Waals surface area contributed by atoms with Gasteiger partial charge >= 0.3 is 0 Å². The van der Waals surface area contributed by atoms with E-state index in [0.717, 1.165) is 6.42 Å². The Morgan fingerprint density at radius 2 is 1.93 bits per heavy atom. The van der Waals surface area contributed by atoms with Crippen LogP contribution in [-0.2, 0) is 0 Å². The molecule has 0 N–H and O–H groups in total. The predicted octanol–water partition coefficient (Wildman–Crippen LogP) is 3.82. The Labute approximate surface area is 83.8 Å². The second-order valence-electron chi connectivity index (χ2n) is 3.76. The van der Waals surface area contributed by atoms with Gasteiger partial charge in [-0.2, -0.15) is 0 Å². The molecule has 72 valence electrons. The third-order valence-electron chi connectivity index (χ3n) is 2.56. The molecule has 0 heterocycles. The molecule has 0 saturated heterocycles. The molecule has 0 amide bonds. The molecule has 1 unspecified atom stereocenters. The summed E-state index contributed by atoms with van der Waals surface area (Å²) in [6.07, 6.45) is 7.41. The van der Waals surface area contributed by atoms with Crippen molar-refractivity contribution < 1.29 is 4.39 Å². The van der Waals surface area contributed by atoms with Crippen LogP contribution < -0.4 is 0 Å². The van der Waals surface area contributed by atoms with Crippen LogP contribution in [0.2, 0.25) is 0 Å². The summed E-state index contributed by atoms with van der Waals surface area (Å²) < 4.78 is 12.7. The quantitative estimate of drug-likeness (QED) is 0.628.